The van der Waals surface area contributed by atoms with E-state index in [2.05, 4.69) is 12.0 Å². The van der Waals surface area contributed by atoms with Gasteiger partial charge in [-0.1, -0.05) is 13.3 Å². The van der Waals surface area contributed by atoms with Gasteiger partial charge >= 0.3 is 5.69 Å². The van der Waals surface area contributed by atoms with Crippen LogP contribution >= 0.6 is 0 Å². The minimum atomic E-state index is -0.105. The van der Waals surface area contributed by atoms with E-state index in [0.29, 0.717) is 6.54 Å². The van der Waals surface area contributed by atoms with Crippen molar-refractivity contribution in [2.75, 3.05) is 0 Å². The summed E-state index contributed by atoms with van der Waals surface area (Å²) in [7, 11) is 1.68. The fourth-order valence-corrected chi connectivity index (χ4v) is 1.23. The maximum absolute atomic E-state index is 11.3. The Labute approximate surface area is 77.2 Å². The van der Waals surface area contributed by atoms with E-state index in [1.54, 1.807) is 7.05 Å². The summed E-state index contributed by atoms with van der Waals surface area (Å²) in [6, 6.07) is 0.0256. The molecule has 5 nitrogen and oxygen atoms in total. The summed E-state index contributed by atoms with van der Waals surface area (Å²) in [4.78, 5) is 11.3. The average molecular weight is 184 g/mol. The molecular formula is C8H16N4O. The Morgan fingerprint density at radius 1 is 1.69 bits per heavy atom. The first kappa shape index (κ1) is 9.98. The second kappa shape index (κ2) is 4.23. The molecular weight excluding hydrogens is 168 g/mol. The van der Waals surface area contributed by atoms with Crippen LogP contribution in [0.15, 0.2) is 11.1 Å². The lowest BCUT2D eigenvalue weighted by molar-refractivity contribution is 0.468. The fourth-order valence-electron chi connectivity index (χ4n) is 1.23. The summed E-state index contributed by atoms with van der Waals surface area (Å²) in [5.41, 5.74) is 5.68. The van der Waals surface area contributed by atoms with E-state index in [4.69, 9.17) is 5.73 Å². The Bertz CT molecular complexity index is 314. The number of aryl methyl sites for hydroxylation is 1. The van der Waals surface area contributed by atoms with Gasteiger partial charge in [0.15, 0.2) is 0 Å². The number of hydrogen-bond donors (Lipinski definition) is 1. The maximum atomic E-state index is 11.3. The first-order valence-electron chi connectivity index (χ1n) is 4.49. The van der Waals surface area contributed by atoms with Gasteiger partial charge in [0, 0.05) is 13.1 Å². The molecule has 1 rings (SSSR count). The van der Waals surface area contributed by atoms with Gasteiger partial charge in [-0.05, 0) is 6.42 Å². The molecule has 0 bridgehead atoms. The van der Waals surface area contributed by atoms with Crippen LogP contribution in [0.1, 0.15) is 19.8 Å². The van der Waals surface area contributed by atoms with Gasteiger partial charge in [-0.2, -0.15) is 5.10 Å². The first-order chi connectivity index (χ1) is 6.15. The molecule has 0 saturated heterocycles. The summed E-state index contributed by atoms with van der Waals surface area (Å²) in [6.45, 7) is 2.58. The molecule has 5 heteroatoms. The molecule has 1 atom stereocenters. The Kier molecular flexibility index (Phi) is 3.25. The Morgan fingerprint density at radius 3 is 2.85 bits per heavy atom. The standard InChI is InChI=1S/C8H16N4O/c1-3-4-7(9)5-12-8(13)11(2)6-10-12/h6-7H,3-5,9H2,1-2H3. The highest BCUT2D eigenvalue weighted by atomic mass is 16.2. The summed E-state index contributed by atoms with van der Waals surface area (Å²) >= 11 is 0. The lowest BCUT2D eigenvalue weighted by Gasteiger charge is -2.08. The molecule has 1 aromatic rings. The molecule has 0 aliphatic heterocycles. The lowest BCUT2D eigenvalue weighted by atomic mass is 10.2. The van der Waals surface area contributed by atoms with Crippen molar-refractivity contribution in [3.8, 4) is 0 Å². The van der Waals surface area contributed by atoms with Crippen molar-refractivity contribution in [2.45, 2.75) is 32.4 Å². The van der Waals surface area contributed by atoms with Crippen molar-refractivity contribution in [3.05, 3.63) is 16.8 Å². The van der Waals surface area contributed by atoms with Crippen LogP contribution in [0.2, 0.25) is 0 Å². The molecule has 2 N–H and O–H groups in total. The average Bonchev–Trinajstić information content (AvgIpc) is 2.37. The number of nitrogens with zero attached hydrogens (tertiary/aromatic N) is 3. The van der Waals surface area contributed by atoms with Crippen LogP contribution in [0.4, 0.5) is 0 Å². The largest absolute Gasteiger partial charge is 0.345 e. The van der Waals surface area contributed by atoms with E-state index >= 15 is 0 Å². The van der Waals surface area contributed by atoms with E-state index in [1.807, 2.05) is 0 Å². The summed E-state index contributed by atoms with van der Waals surface area (Å²) in [5, 5.41) is 3.92. The normalized spacial score (nSPS) is 13.2. The third-order valence-corrected chi connectivity index (χ3v) is 1.95. The second-order valence-corrected chi connectivity index (χ2v) is 3.26. The van der Waals surface area contributed by atoms with E-state index < -0.39 is 0 Å². The van der Waals surface area contributed by atoms with Crippen LogP contribution in [-0.2, 0) is 13.6 Å². The summed E-state index contributed by atoms with van der Waals surface area (Å²) in [5.74, 6) is 0. The molecule has 0 aromatic carbocycles. The maximum Gasteiger partial charge on any atom is 0.345 e. The molecule has 0 saturated carbocycles. The van der Waals surface area contributed by atoms with Gasteiger partial charge in [0.1, 0.15) is 6.33 Å². The van der Waals surface area contributed by atoms with Gasteiger partial charge in [-0.25, -0.2) is 9.48 Å². The van der Waals surface area contributed by atoms with Gasteiger partial charge in [0.05, 0.1) is 6.54 Å². The first-order valence-corrected chi connectivity index (χ1v) is 4.49. The number of nitrogens with two attached hydrogens (primary N) is 1. The molecule has 0 spiro atoms. The molecule has 0 radical (unpaired) electrons. The van der Waals surface area contributed by atoms with Crippen molar-refractivity contribution in [3.63, 3.8) is 0 Å². The van der Waals surface area contributed by atoms with Crippen LogP contribution < -0.4 is 11.4 Å². The minimum Gasteiger partial charge on any atom is -0.326 e. The van der Waals surface area contributed by atoms with Crippen molar-refractivity contribution in [1.82, 2.24) is 14.3 Å². The van der Waals surface area contributed by atoms with E-state index in [9.17, 15) is 4.79 Å². The van der Waals surface area contributed by atoms with Crippen molar-refractivity contribution in [1.29, 1.82) is 0 Å². The van der Waals surface area contributed by atoms with E-state index in [1.165, 1.54) is 15.6 Å². The molecule has 13 heavy (non-hydrogen) atoms. The van der Waals surface area contributed by atoms with Crippen molar-refractivity contribution in [2.24, 2.45) is 12.8 Å². The summed E-state index contributed by atoms with van der Waals surface area (Å²) in [6.07, 6.45) is 3.45. The minimum absolute atomic E-state index is 0.0256. The molecule has 0 amide bonds. The second-order valence-electron chi connectivity index (χ2n) is 3.26. The SMILES string of the molecule is CCCC(N)Cn1ncn(C)c1=O. The van der Waals surface area contributed by atoms with E-state index in [-0.39, 0.29) is 11.7 Å². The van der Waals surface area contributed by atoms with E-state index in [0.717, 1.165) is 12.8 Å². The monoisotopic (exact) mass is 184 g/mol. The third kappa shape index (κ3) is 2.42. The predicted octanol–water partition coefficient (Wildman–Crippen LogP) is -0.291. The molecule has 1 unspecified atom stereocenters. The smallest absolute Gasteiger partial charge is 0.326 e. The fraction of sp³-hybridized carbons (Fsp3) is 0.750. The Balaban J connectivity index is 2.64. The highest BCUT2D eigenvalue weighted by Gasteiger charge is 2.06. The van der Waals surface area contributed by atoms with Gasteiger partial charge in [-0.15, -0.1) is 0 Å². The van der Waals surface area contributed by atoms with Gasteiger partial charge in [-0.3, -0.25) is 4.57 Å². The molecule has 1 heterocycles. The molecule has 74 valence electrons. The quantitative estimate of drug-likeness (QED) is 0.699. The van der Waals surface area contributed by atoms with Crippen LogP contribution in [0.5, 0.6) is 0 Å². The Hall–Kier alpha value is -1.10. The van der Waals surface area contributed by atoms with Gasteiger partial charge in [0.2, 0.25) is 0 Å². The van der Waals surface area contributed by atoms with Crippen molar-refractivity contribution >= 4 is 0 Å². The Morgan fingerprint density at radius 2 is 2.38 bits per heavy atom. The highest BCUT2D eigenvalue weighted by Crippen LogP contribution is 1.94. The molecule has 0 aliphatic carbocycles. The highest BCUT2D eigenvalue weighted by molar-refractivity contribution is 4.68. The zero-order valence-corrected chi connectivity index (χ0v) is 8.10. The van der Waals surface area contributed by atoms with Gasteiger partial charge < -0.3 is 5.73 Å². The van der Waals surface area contributed by atoms with Crippen LogP contribution in [0.3, 0.4) is 0 Å². The lowest BCUT2D eigenvalue weighted by Crippen LogP contribution is -2.33. The summed E-state index contributed by atoms with van der Waals surface area (Å²) < 4.78 is 2.85. The third-order valence-electron chi connectivity index (χ3n) is 1.95. The number of aromatic nitrogens is 3. The van der Waals surface area contributed by atoms with Crippen LogP contribution in [-0.4, -0.2) is 20.4 Å². The number of rotatable bonds is 4. The molecule has 0 fully saturated rings. The zero-order chi connectivity index (χ0) is 9.84. The van der Waals surface area contributed by atoms with Crippen LogP contribution in [0.25, 0.3) is 0 Å². The molecule has 1 aromatic heterocycles. The van der Waals surface area contributed by atoms with Crippen LogP contribution in [0, 0.1) is 0 Å². The molecule has 0 aliphatic rings. The van der Waals surface area contributed by atoms with Gasteiger partial charge in [0.25, 0.3) is 0 Å². The topological polar surface area (TPSA) is 65.8 Å². The van der Waals surface area contributed by atoms with Crippen molar-refractivity contribution < 1.29 is 0 Å². The number of hydrogen-bond acceptors (Lipinski definition) is 3. The predicted molar refractivity (Wildman–Crippen MR) is 50.4 cm³/mol. The zero-order valence-electron chi connectivity index (χ0n) is 8.10.